The van der Waals surface area contributed by atoms with Crippen LogP contribution in [0.5, 0.6) is 5.75 Å². The molecule has 0 saturated carbocycles. The monoisotopic (exact) mass is 362 g/mol. The van der Waals surface area contributed by atoms with Crippen LogP contribution in [0.2, 0.25) is 0 Å². The number of rotatable bonds is 7. The summed E-state index contributed by atoms with van der Waals surface area (Å²) in [5.41, 5.74) is 2.21. The maximum Gasteiger partial charge on any atom is 0.258 e. The fraction of sp³-hybridized carbons (Fsp3) is 0.190. The molecule has 0 aliphatic heterocycles. The van der Waals surface area contributed by atoms with Crippen LogP contribution in [0.3, 0.4) is 0 Å². The molecular formula is C21H22N4O2. The van der Waals surface area contributed by atoms with Crippen molar-refractivity contribution >= 4 is 17.5 Å². The van der Waals surface area contributed by atoms with Gasteiger partial charge in [-0.05, 0) is 43.7 Å². The van der Waals surface area contributed by atoms with E-state index in [1.807, 2.05) is 56.3 Å². The van der Waals surface area contributed by atoms with E-state index in [0.29, 0.717) is 23.7 Å². The first-order valence-corrected chi connectivity index (χ1v) is 8.78. The van der Waals surface area contributed by atoms with Gasteiger partial charge in [-0.25, -0.2) is 9.97 Å². The molecule has 3 aromatic rings. The Labute approximate surface area is 158 Å². The van der Waals surface area contributed by atoms with Crippen molar-refractivity contribution in [3.8, 4) is 5.75 Å². The minimum Gasteiger partial charge on any atom is -0.491 e. The molecule has 0 spiro atoms. The van der Waals surface area contributed by atoms with Gasteiger partial charge >= 0.3 is 0 Å². The summed E-state index contributed by atoms with van der Waals surface area (Å²) >= 11 is 0. The summed E-state index contributed by atoms with van der Waals surface area (Å²) in [4.78, 5) is 20.7. The Bertz CT molecular complexity index is 863. The molecule has 0 aliphatic carbocycles. The van der Waals surface area contributed by atoms with Crippen LogP contribution >= 0.6 is 0 Å². The van der Waals surface area contributed by atoms with E-state index in [1.54, 1.807) is 12.1 Å². The van der Waals surface area contributed by atoms with Crippen molar-refractivity contribution in [3.63, 3.8) is 0 Å². The lowest BCUT2D eigenvalue weighted by Crippen LogP contribution is -2.13. The van der Waals surface area contributed by atoms with Crippen LogP contribution in [-0.2, 0) is 6.54 Å². The lowest BCUT2D eigenvalue weighted by atomic mass is 10.2. The van der Waals surface area contributed by atoms with Gasteiger partial charge in [0.25, 0.3) is 5.91 Å². The molecule has 27 heavy (non-hydrogen) atoms. The Morgan fingerprint density at radius 2 is 1.67 bits per heavy atom. The molecule has 6 heteroatoms. The number of hydrogen-bond acceptors (Lipinski definition) is 5. The van der Waals surface area contributed by atoms with Crippen molar-refractivity contribution < 1.29 is 9.53 Å². The Hall–Kier alpha value is -3.41. The van der Waals surface area contributed by atoms with Crippen molar-refractivity contribution in [1.82, 2.24) is 9.97 Å². The quantitative estimate of drug-likeness (QED) is 0.661. The van der Waals surface area contributed by atoms with Crippen LogP contribution in [0, 0.1) is 0 Å². The van der Waals surface area contributed by atoms with Gasteiger partial charge in [-0.3, -0.25) is 4.79 Å². The third kappa shape index (κ3) is 5.54. The second-order valence-corrected chi connectivity index (χ2v) is 6.28. The maximum atomic E-state index is 12.3. The number of carbonyl (C=O) groups is 1. The summed E-state index contributed by atoms with van der Waals surface area (Å²) in [7, 11) is 0. The zero-order valence-corrected chi connectivity index (χ0v) is 15.3. The topological polar surface area (TPSA) is 76.1 Å². The second-order valence-electron chi connectivity index (χ2n) is 6.28. The summed E-state index contributed by atoms with van der Waals surface area (Å²) < 4.78 is 5.59. The number of nitrogens with one attached hydrogen (secondary N) is 2. The Morgan fingerprint density at radius 1 is 1.00 bits per heavy atom. The van der Waals surface area contributed by atoms with Crippen LogP contribution in [0.25, 0.3) is 0 Å². The first kappa shape index (κ1) is 18.4. The van der Waals surface area contributed by atoms with Crippen LogP contribution in [0.4, 0.5) is 11.6 Å². The summed E-state index contributed by atoms with van der Waals surface area (Å²) in [5, 5.41) is 5.95. The van der Waals surface area contributed by atoms with Crippen molar-refractivity contribution in [3.05, 3.63) is 78.1 Å². The van der Waals surface area contributed by atoms with Gasteiger partial charge in [0.2, 0.25) is 5.95 Å². The Balaban J connectivity index is 1.55. The third-order valence-corrected chi connectivity index (χ3v) is 3.69. The molecule has 0 fully saturated rings. The molecule has 1 heterocycles. The van der Waals surface area contributed by atoms with Crippen molar-refractivity contribution in [2.24, 2.45) is 0 Å². The van der Waals surface area contributed by atoms with Gasteiger partial charge in [-0.1, -0.05) is 30.3 Å². The lowest BCUT2D eigenvalue weighted by molar-refractivity contribution is 0.102. The van der Waals surface area contributed by atoms with E-state index in [2.05, 4.69) is 20.6 Å². The molecule has 0 aliphatic rings. The van der Waals surface area contributed by atoms with Gasteiger partial charge in [-0.2, -0.15) is 0 Å². The van der Waals surface area contributed by atoms with Gasteiger partial charge in [-0.15, -0.1) is 0 Å². The molecule has 6 nitrogen and oxygen atoms in total. The molecule has 138 valence electrons. The highest BCUT2D eigenvalue weighted by molar-refractivity contribution is 6.03. The van der Waals surface area contributed by atoms with E-state index in [9.17, 15) is 4.79 Å². The minimum absolute atomic E-state index is 0.108. The van der Waals surface area contributed by atoms with E-state index in [0.717, 1.165) is 11.3 Å². The Kier molecular flexibility index (Phi) is 5.99. The normalized spacial score (nSPS) is 10.5. The molecule has 2 N–H and O–H groups in total. The summed E-state index contributed by atoms with van der Waals surface area (Å²) in [5.74, 6) is 0.980. The van der Waals surface area contributed by atoms with Crippen LogP contribution in [0.15, 0.2) is 67.0 Å². The maximum absolute atomic E-state index is 12.3. The smallest absolute Gasteiger partial charge is 0.258 e. The number of nitrogens with zero attached hydrogens (tertiary/aromatic N) is 2. The van der Waals surface area contributed by atoms with E-state index >= 15 is 0 Å². The molecule has 1 aromatic heterocycles. The number of hydrogen-bond donors (Lipinski definition) is 2. The first-order valence-electron chi connectivity index (χ1n) is 8.78. The van der Waals surface area contributed by atoms with E-state index in [-0.39, 0.29) is 12.0 Å². The fourth-order valence-corrected chi connectivity index (χ4v) is 2.41. The minimum atomic E-state index is -0.262. The van der Waals surface area contributed by atoms with Gasteiger partial charge in [0.1, 0.15) is 5.75 Å². The third-order valence-electron chi connectivity index (χ3n) is 3.69. The molecule has 0 saturated heterocycles. The van der Waals surface area contributed by atoms with Crippen molar-refractivity contribution in [2.75, 3.05) is 10.6 Å². The molecule has 2 aromatic carbocycles. The zero-order valence-electron chi connectivity index (χ0n) is 15.3. The molecule has 0 unspecified atom stereocenters. The van der Waals surface area contributed by atoms with Crippen molar-refractivity contribution in [2.45, 2.75) is 26.5 Å². The average molecular weight is 362 g/mol. The Morgan fingerprint density at radius 3 is 2.30 bits per heavy atom. The van der Waals surface area contributed by atoms with E-state index in [1.165, 1.54) is 12.4 Å². The summed E-state index contributed by atoms with van der Waals surface area (Å²) in [6.07, 6.45) is 3.12. The number of amides is 1. The predicted molar refractivity (Wildman–Crippen MR) is 106 cm³/mol. The SMILES string of the molecule is CC(C)Oc1ccc(NC(=O)c2cnc(NCc3ccccc3)nc2)cc1. The number of ether oxygens (including phenoxy) is 1. The predicted octanol–water partition coefficient (Wildman–Crippen LogP) is 4.13. The number of carbonyl (C=O) groups excluding carboxylic acids is 1. The van der Waals surface area contributed by atoms with Gasteiger partial charge in [0.05, 0.1) is 11.7 Å². The summed E-state index contributed by atoms with van der Waals surface area (Å²) in [6, 6.07) is 17.2. The highest BCUT2D eigenvalue weighted by Crippen LogP contribution is 2.17. The first-order chi connectivity index (χ1) is 13.1. The highest BCUT2D eigenvalue weighted by atomic mass is 16.5. The molecule has 0 atom stereocenters. The van der Waals surface area contributed by atoms with Crippen LogP contribution in [0.1, 0.15) is 29.8 Å². The number of anilines is 2. The van der Waals surface area contributed by atoms with Gasteiger partial charge in [0, 0.05) is 24.6 Å². The molecule has 1 amide bonds. The standard InChI is InChI=1S/C21H22N4O2/c1-15(2)27-19-10-8-18(9-11-19)25-20(26)17-13-23-21(24-14-17)22-12-16-6-4-3-5-7-16/h3-11,13-15H,12H2,1-2H3,(H,25,26)(H,22,23,24). The zero-order chi connectivity index (χ0) is 19.1. The lowest BCUT2D eigenvalue weighted by Gasteiger charge is -2.10. The van der Waals surface area contributed by atoms with E-state index in [4.69, 9.17) is 4.74 Å². The number of benzene rings is 2. The van der Waals surface area contributed by atoms with Crippen molar-refractivity contribution in [1.29, 1.82) is 0 Å². The van der Waals surface area contributed by atoms with Crippen LogP contribution < -0.4 is 15.4 Å². The fourth-order valence-electron chi connectivity index (χ4n) is 2.41. The largest absolute Gasteiger partial charge is 0.491 e. The van der Waals surface area contributed by atoms with Gasteiger partial charge in [0.15, 0.2) is 0 Å². The van der Waals surface area contributed by atoms with Gasteiger partial charge < -0.3 is 15.4 Å². The molecular weight excluding hydrogens is 340 g/mol. The molecule has 3 rings (SSSR count). The highest BCUT2D eigenvalue weighted by Gasteiger charge is 2.08. The van der Waals surface area contributed by atoms with Crippen LogP contribution in [-0.4, -0.2) is 22.0 Å². The second kappa shape index (κ2) is 8.80. The van der Waals surface area contributed by atoms with E-state index < -0.39 is 0 Å². The molecule has 0 bridgehead atoms. The average Bonchev–Trinajstić information content (AvgIpc) is 2.69. The number of aromatic nitrogens is 2. The molecule has 0 radical (unpaired) electrons. The summed E-state index contributed by atoms with van der Waals surface area (Å²) in [6.45, 7) is 4.55.